The number of hydrogen-bond acceptors (Lipinski definition) is 1. The Bertz CT molecular complexity index is 83.9. The van der Waals surface area contributed by atoms with Gasteiger partial charge in [0.1, 0.15) is 7.28 Å². The second kappa shape index (κ2) is 9.12. The normalized spacial score (nSPS) is 10.7. The van der Waals surface area contributed by atoms with E-state index in [0.29, 0.717) is 0 Å². The zero-order chi connectivity index (χ0) is 9.23. The van der Waals surface area contributed by atoms with Crippen LogP contribution in [-0.2, 0) is 0 Å². The van der Waals surface area contributed by atoms with E-state index in [-0.39, 0.29) is 0 Å². The Morgan fingerprint density at radius 2 is 1.75 bits per heavy atom. The van der Waals surface area contributed by atoms with E-state index in [4.69, 9.17) is 5.73 Å². The molecule has 0 aromatic rings. The fraction of sp³-hybridized carbons (Fsp3) is 1.00. The fourth-order valence-corrected chi connectivity index (χ4v) is 1.40. The Morgan fingerprint density at radius 3 is 2.33 bits per heavy atom. The quantitative estimate of drug-likeness (QED) is 0.438. The van der Waals surface area contributed by atoms with Crippen molar-refractivity contribution in [2.75, 3.05) is 6.54 Å². The maximum atomic E-state index is 5.41. The highest BCUT2D eigenvalue weighted by molar-refractivity contribution is 6.35. The summed E-state index contributed by atoms with van der Waals surface area (Å²) >= 11 is 0. The third kappa shape index (κ3) is 10.0. The third-order valence-electron chi connectivity index (χ3n) is 2.24. The van der Waals surface area contributed by atoms with Crippen molar-refractivity contribution < 1.29 is 0 Å². The van der Waals surface area contributed by atoms with E-state index in [9.17, 15) is 0 Å². The summed E-state index contributed by atoms with van der Waals surface area (Å²) in [5, 5.41) is 0. The first-order valence-corrected chi connectivity index (χ1v) is 5.47. The average molecular weight is 169 g/mol. The van der Waals surface area contributed by atoms with Crippen LogP contribution in [0.3, 0.4) is 0 Å². The number of unbranched alkanes of at least 4 members (excludes halogenated alkanes) is 1. The van der Waals surface area contributed by atoms with E-state index in [1.165, 1.54) is 45.6 Å². The molecule has 0 bridgehead atoms. The second-order valence-corrected chi connectivity index (χ2v) is 4.09. The van der Waals surface area contributed by atoms with Crippen molar-refractivity contribution in [3.63, 3.8) is 0 Å². The lowest BCUT2D eigenvalue weighted by Crippen LogP contribution is -1.99. The van der Waals surface area contributed by atoms with Crippen molar-refractivity contribution in [1.82, 2.24) is 0 Å². The molecule has 72 valence electrons. The molecule has 2 heteroatoms. The summed E-state index contributed by atoms with van der Waals surface area (Å²) in [5.74, 6) is 0.883. The molecule has 0 atom stereocenters. The molecule has 0 aliphatic carbocycles. The molecule has 0 aliphatic heterocycles. The van der Waals surface area contributed by atoms with Crippen molar-refractivity contribution in [1.29, 1.82) is 0 Å². The Hall–Kier alpha value is 0.0249. The van der Waals surface area contributed by atoms with Crippen molar-refractivity contribution >= 4 is 7.28 Å². The van der Waals surface area contributed by atoms with Crippen molar-refractivity contribution in [3.8, 4) is 0 Å². The average Bonchev–Trinajstić information content (AvgIpc) is 2.02. The van der Waals surface area contributed by atoms with Gasteiger partial charge in [-0.2, -0.15) is 0 Å². The minimum absolute atomic E-state index is 0.867. The van der Waals surface area contributed by atoms with E-state index in [2.05, 4.69) is 13.8 Å². The molecule has 0 saturated heterocycles. The standard InChI is InChI=1S/C10H24BN/c1-10(2)6-5-8-11-7-3-4-9-12/h10-11H,3-9,12H2,1-2H3. The molecule has 0 aliphatic rings. The lowest BCUT2D eigenvalue weighted by molar-refractivity contribution is 0.575. The predicted molar refractivity (Wildman–Crippen MR) is 59.1 cm³/mol. The zero-order valence-corrected chi connectivity index (χ0v) is 8.81. The van der Waals surface area contributed by atoms with Gasteiger partial charge in [0.15, 0.2) is 0 Å². The monoisotopic (exact) mass is 169 g/mol. The molecule has 0 aromatic heterocycles. The van der Waals surface area contributed by atoms with E-state index in [1.807, 2.05) is 0 Å². The molecule has 12 heavy (non-hydrogen) atoms. The lowest BCUT2D eigenvalue weighted by atomic mass is 9.68. The van der Waals surface area contributed by atoms with E-state index < -0.39 is 0 Å². The van der Waals surface area contributed by atoms with Crippen molar-refractivity contribution in [2.24, 2.45) is 11.7 Å². The van der Waals surface area contributed by atoms with Crippen LogP contribution >= 0.6 is 0 Å². The molecule has 0 unspecified atom stereocenters. The van der Waals surface area contributed by atoms with Gasteiger partial charge in [-0.1, -0.05) is 45.8 Å². The maximum Gasteiger partial charge on any atom is 0.120 e. The minimum atomic E-state index is 0.867. The summed E-state index contributed by atoms with van der Waals surface area (Å²) in [6, 6.07) is 0. The van der Waals surface area contributed by atoms with Crippen LogP contribution in [0.1, 0.15) is 39.5 Å². The van der Waals surface area contributed by atoms with E-state index >= 15 is 0 Å². The Morgan fingerprint density at radius 1 is 1.08 bits per heavy atom. The van der Waals surface area contributed by atoms with Crippen molar-refractivity contribution in [2.45, 2.75) is 52.2 Å². The molecule has 0 rings (SSSR count). The molecule has 0 amide bonds. The predicted octanol–water partition coefficient (Wildman–Crippen LogP) is 2.43. The molecule has 0 saturated carbocycles. The van der Waals surface area contributed by atoms with Gasteiger partial charge < -0.3 is 5.73 Å². The first kappa shape index (κ1) is 12.0. The van der Waals surface area contributed by atoms with E-state index in [0.717, 1.165) is 12.5 Å². The van der Waals surface area contributed by atoms with Gasteiger partial charge in [-0.15, -0.1) is 0 Å². The van der Waals surface area contributed by atoms with Crippen LogP contribution in [0.2, 0.25) is 12.6 Å². The fourth-order valence-electron chi connectivity index (χ4n) is 1.40. The smallest absolute Gasteiger partial charge is 0.120 e. The molecular formula is C10H24BN. The SMILES string of the molecule is CC(C)CCCBCCCCN. The highest BCUT2D eigenvalue weighted by Crippen LogP contribution is 2.07. The van der Waals surface area contributed by atoms with Gasteiger partial charge >= 0.3 is 0 Å². The van der Waals surface area contributed by atoms with Gasteiger partial charge in [0.2, 0.25) is 0 Å². The van der Waals surface area contributed by atoms with Crippen LogP contribution in [0.5, 0.6) is 0 Å². The van der Waals surface area contributed by atoms with Gasteiger partial charge in [-0.25, -0.2) is 0 Å². The minimum Gasteiger partial charge on any atom is -0.330 e. The molecule has 0 radical (unpaired) electrons. The van der Waals surface area contributed by atoms with Crippen LogP contribution < -0.4 is 5.73 Å². The Kier molecular flexibility index (Phi) is 9.13. The van der Waals surface area contributed by atoms with Crippen LogP contribution in [0.15, 0.2) is 0 Å². The molecule has 1 nitrogen and oxygen atoms in total. The Balaban J connectivity index is 2.82. The van der Waals surface area contributed by atoms with Gasteiger partial charge in [0.05, 0.1) is 0 Å². The second-order valence-electron chi connectivity index (χ2n) is 4.09. The topological polar surface area (TPSA) is 26.0 Å². The summed E-state index contributed by atoms with van der Waals surface area (Å²) in [4.78, 5) is 0. The van der Waals surface area contributed by atoms with Gasteiger partial charge in [-0.05, 0) is 18.9 Å². The first-order valence-electron chi connectivity index (χ1n) is 5.47. The summed E-state index contributed by atoms with van der Waals surface area (Å²) < 4.78 is 0. The van der Waals surface area contributed by atoms with Gasteiger partial charge in [0, 0.05) is 0 Å². The maximum absolute atomic E-state index is 5.41. The number of nitrogens with two attached hydrogens (primary N) is 1. The highest BCUT2D eigenvalue weighted by atomic mass is 14.5. The number of hydrogen-bond donors (Lipinski definition) is 1. The first-order chi connectivity index (χ1) is 5.77. The molecule has 0 heterocycles. The van der Waals surface area contributed by atoms with E-state index in [1.54, 1.807) is 0 Å². The Labute approximate surface area is 78.4 Å². The largest absolute Gasteiger partial charge is 0.330 e. The summed E-state index contributed by atoms with van der Waals surface area (Å²) in [7, 11) is 1.41. The van der Waals surface area contributed by atoms with Gasteiger partial charge in [0.25, 0.3) is 0 Å². The van der Waals surface area contributed by atoms with Crippen LogP contribution in [-0.4, -0.2) is 13.8 Å². The molecule has 0 fully saturated rings. The molecule has 2 N–H and O–H groups in total. The highest BCUT2D eigenvalue weighted by Gasteiger charge is 1.95. The van der Waals surface area contributed by atoms with Crippen LogP contribution in [0, 0.1) is 5.92 Å². The molecular weight excluding hydrogens is 145 g/mol. The van der Waals surface area contributed by atoms with Crippen LogP contribution in [0.25, 0.3) is 0 Å². The molecule has 0 aromatic carbocycles. The molecule has 0 spiro atoms. The zero-order valence-electron chi connectivity index (χ0n) is 8.81. The lowest BCUT2D eigenvalue weighted by Gasteiger charge is -2.02. The third-order valence-corrected chi connectivity index (χ3v) is 2.24. The van der Waals surface area contributed by atoms with Crippen LogP contribution in [0.4, 0.5) is 0 Å². The summed E-state index contributed by atoms with van der Waals surface area (Å²) in [5.41, 5.74) is 5.41. The van der Waals surface area contributed by atoms with Crippen molar-refractivity contribution in [3.05, 3.63) is 0 Å². The summed E-state index contributed by atoms with van der Waals surface area (Å²) in [6.07, 6.45) is 8.16. The summed E-state index contributed by atoms with van der Waals surface area (Å²) in [6.45, 7) is 5.47. The number of rotatable bonds is 8. The van der Waals surface area contributed by atoms with Gasteiger partial charge in [-0.3, -0.25) is 0 Å².